The Kier molecular flexibility index (Phi) is 12.0. The van der Waals surface area contributed by atoms with Crippen LogP contribution in [-0.4, -0.2) is 87.0 Å². The fourth-order valence-corrected chi connectivity index (χ4v) is 6.57. The summed E-state index contributed by atoms with van der Waals surface area (Å²) in [5.74, 6) is -2.38. The van der Waals surface area contributed by atoms with Crippen LogP contribution in [-0.2, 0) is 19.6 Å². The summed E-state index contributed by atoms with van der Waals surface area (Å²) in [6.45, 7) is 11.0. The average Bonchev–Trinajstić information content (AvgIpc) is 3.00. The van der Waals surface area contributed by atoms with Gasteiger partial charge in [0, 0.05) is 36.3 Å². The number of aromatic hydroxyl groups is 3. The van der Waals surface area contributed by atoms with Crippen LogP contribution in [0, 0.1) is 20.8 Å². The van der Waals surface area contributed by atoms with Crippen molar-refractivity contribution in [3.05, 3.63) is 86.5 Å². The maximum atomic E-state index is 12.0. The van der Waals surface area contributed by atoms with Gasteiger partial charge >= 0.3 is 0 Å². The Balaban J connectivity index is 1.61. The summed E-state index contributed by atoms with van der Waals surface area (Å²) < 4.78 is 0. The van der Waals surface area contributed by atoms with Crippen molar-refractivity contribution >= 4 is 17.7 Å². The molecule has 3 aromatic rings. The zero-order valence-electron chi connectivity index (χ0n) is 28.1. The molecular weight excluding hydrogens is 612 g/mol. The number of nitrogens with zero attached hydrogens (tertiary/aromatic N) is 3. The van der Waals surface area contributed by atoms with E-state index >= 15 is 0 Å². The van der Waals surface area contributed by atoms with Crippen molar-refractivity contribution in [2.45, 2.75) is 59.7 Å². The van der Waals surface area contributed by atoms with E-state index in [0.29, 0.717) is 75.6 Å². The van der Waals surface area contributed by atoms with Gasteiger partial charge in [-0.3, -0.25) is 29.1 Å². The lowest BCUT2D eigenvalue weighted by Gasteiger charge is -2.31. The van der Waals surface area contributed by atoms with E-state index in [9.17, 15) is 29.7 Å². The third-order valence-corrected chi connectivity index (χ3v) is 8.82. The van der Waals surface area contributed by atoms with Crippen LogP contribution >= 0.6 is 0 Å². The smallest absolute Gasteiger partial charge is 0.252 e. The van der Waals surface area contributed by atoms with Crippen molar-refractivity contribution in [1.82, 2.24) is 14.7 Å². The zero-order chi connectivity index (χ0) is 35.1. The minimum atomic E-state index is -0.685. The Morgan fingerprint density at radius 2 is 0.729 bits per heavy atom. The Morgan fingerprint density at radius 3 is 0.938 bits per heavy atom. The largest absolute Gasteiger partial charge is 0.507 e. The van der Waals surface area contributed by atoms with Crippen molar-refractivity contribution < 1.29 is 29.7 Å². The number of hydrogen-bond acceptors (Lipinski definition) is 9. The molecule has 9 N–H and O–H groups in total. The molecule has 3 amide bonds. The number of hydrogen-bond donors (Lipinski definition) is 6. The number of aryl methyl sites for hydroxylation is 3. The summed E-state index contributed by atoms with van der Waals surface area (Å²) in [5.41, 5.74) is 21.2. The van der Waals surface area contributed by atoms with Crippen molar-refractivity contribution in [3.63, 3.8) is 0 Å². The molecule has 4 rings (SSSR count). The normalized spacial score (nSPS) is 15.8. The lowest BCUT2D eigenvalue weighted by Crippen LogP contribution is -2.36. The van der Waals surface area contributed by atoms with E-state index in [4.69, 9.17) is 17.2 Å². The summed E-state index contributed by atoms with van der Waals surface area (Å²) >= 11 is 0. The topological polar surface area (TPSA) is 200 Å². The first-order valence-corrected chi connectivity index (χ1v) is 16.3. The van der Waals surface area contributed by atoms with Crippen molar-refractivity contribution in [2.24, 2.45) is 17.2 Å². The monoisotopic (exact) mass is 660 g/mol. The van der Waals surface area contributed by atoms with E-state index in [0.717, 1.165) is 36.0 Å². The highest BCUT2D eigenvalue weighted by Crippen LogP contribution is 2.29. The van der Waals surface area contributed by atoms with Crippen molar-refractivity contribution in [3.8, 4) is 17.2 Å². The fourth-order valence-electron chi connectivity index (χ4n) is 6.57. The number of rotatable bonds is 9. The quantitative estimate of drug-likeness (QED) is 0.200. The minimum absolute atomic E-state index is 0.0956. The van der Waals surface area contributed by atoms with Crippen LogP contribution in [0.3, 0.4) is 0 Å². The van der Waals surface area contributed by atoms with E-state index in [-0.39, 0.29) is 33.9 Å². The van der Waals surface area contributed by atoms with Gasteiger partial charge in [0.25, 0.3) is 17.7 Å². The van der Waals surface area contributed by atoms with Gasteiger partial charge in [-0.1, -0.05) is 18.2 Å². The molecule has 0 atom stereocenters. The van der Waals surface area contributed by atoms with Gasteiger partial charge in [0.15, 0.2) is 0 Å². The van der Waals surface area contributed by atoms with Crippen molar-refractivity contribution in [1.29, 1.82) is 0 Å². The molecule has 0 spiro atoms. The number of carbonyl (C=O) groups is 3. The second kappa shape index (κ2) is 16.0. The highest BCUT2D eigenvalue weighted by atomic mass is 16.3. The summed E-state index contributed by atoms with van der Waals surface area (Å²) in [6.07, 6.45) is 2.38. The molecule has 258 valence electrons. The molecule has 0 aliphatic carbocycles. The molecule has 0 bridgehead atoms. The van der Waals surface area contributed by atoms with Crippen LogP contribution in [0.2, 0.25) is 0 Å². The minimum Gasteiger partial charge on any atom is -0.507 e. The number of nitrogens with two attached hydrogens (primary N) is 3. The molecule has 0 radical (unpaired) electrons. The van der Waals surface area contributed by atoms with Crippen LogP contribution in [0.5, 0.6) is 17.2 Å². The van der Waals surface area contributed by atoms with E-state index in [1.807, 2.05) is 39.0 Å². The van der Waals surface area contributed by atoms with Gasteiger partial charge in [-0.25, -0.2) is 0 Å². The number of primary amides is 3. The van der Waals surface area contributed by atoms with Gasteiger partial charge in [-0.2, -0.15) is 0 Å². The predicted molar refractivity (Wildman–Crippen MR) is 184 cm³/mol. The van der Waals surface area contributed by atoms with E-state index in [2.05, 4.69) is 14.7 Å². The molecule has 1 saturated heterocycles. The molecule has 12 heteroatoms. The standard InChI is InChI=1S/C36H48N6O6/c1-22-13-25(31(43)28(16-22)34(37)46)19-40-7-4-9-41(20-26-14-23(2)17-29(32(26)44)35(38)47)11-6-12-42(10-5-8-40)21-27-15-24(3)18-30(33(27)45)36(39)48/h13-18,43-45H,4-12,19-21H2,1-3H3,(H2,37,46)(H2,38,47)(H2,39,48). The van der Waals surface area contributed by atoms with E-state index in [1.54, 1.807) is 18.2 Å². The molecule has 0 aromatic heterocycles. The number of amides is 3. The number of phenols is 3. The van der Waals surface area contributed by atoms with Gasteiger partial charge in [0.05, 0.1) is 16.7 Å². The molecule has 1 aliphatic heterocycles. The van der Waals surface area contributed by atoms with Crippen LogP contribution in [0.25, 0.3) is 0 Å². The molecule has 3 aromatic carbocycles. The summed E-state index contributed by atoms with van der Waals surface area (Å²) in [7, 11) is 0. The number of benzene rings is 3. The first-order chi connectivity index (χ1) is 22.7. The Bertz CT molecular complexity index is 1470. The lowest BCUT2D eigenvalue weighted by molar-refractivity contribution is 0.0988. The molecule has 0 unspecified atom stereocenters. The first kappa shape index (κ1) is 36.2. The predicted octanol–water partition coefficient (Wildman–Crippen LogP) is 3.02. The van der Waals surface area contributed by atoms with Gasteiger partial charge in [-0.05, 0) is 114 Å². The van der Waals surface area contributed by atoms with Crippen LogP contribution in [0.1, 0.15) is 83.7 Å². The molecule has 1 aliphatic rings. The Labute approximate surface area is 281 Å². The second-order valence-corrected chi connectivity index (χ2v) is 12.9. The van der Waals surface area contributed by atoms with Crippen LogP contribution < -0.4 is 17.2 Å². The molecule has 48 heavy (non-hydrogen) atoms. The Morgan fingerprint density at radius 1 is 0.500 bits per heavy atom. The molecule has 1 fully saturated rings. The fraction of sp³-hybridized carbons (Fsp3) is 0.417. The van der Waals surface area contributed by atoms with Gasteiger partial charge in [-0.15, -0.1) is 0 Å². The van der Waals surface area contributed by atoms with E-state index in [1.165, 1.54) is 0 Å². The highest BCUT2D eigenvalue weighted by Gasteiger charge is 2.21. The van der Waals surface area contributed by atoms with E-state index < -0.39 is 17.7 Å². The SMILES string of the molecule is Cc1cc(CN2CCCN(Cc3cc(C)cc(C(N)=O)c3O)CCCN(Cc3cc(C)cc(C(N)=O)c3O)CCC2)c(O)c(C(N)=O)c1. The molecule has 0 saturated carbocycles. The Hall–Kier alpha value is -4.65. The van der Waals surface area contributed by atoms with Gasteiger partial charge < -0.3 is 32.5 Å². The maximum absolute atomic E-state index is 12.0. The van der Waals surface area contributed by atoms with Gasteiger partial charge in [0.1, 0.15) is 17.2 Å². The van der Waals surface area contributed by atoms with Crippen LogP contribution in [0.15, 0.2) is 36.4 Å². The second-order valence-electron chi connectivity index (χ2n) is 12.9. The first-order valence-electron chi connectivity index (χ1n) is 16.3. The third-order valence-electron chi connectivity index (χ3n) is 8.82. The third kappa shape index (κ3) is 9.24. The maximum Gasteiger partial charge on any atom is 0.252 e. The lowest BCUT2D eigenvalue weighted by atomic mass is 10.0. The summed E-state index contributed by atoms with van der Waals surface area (Å²) in [6, 6.07) is 10.4. The molecule has 12 nitrogen and oxygen atoms in total. The average molecular weight is 661 g/mol. The summed E-state index contributed by atoms with van der Waals surface area (Å²) in [4.78, 5) is 42.7. The highest BCUT2D eigenvalue weighted by molar-refractivity contribution is 5.97. The zero-order valence-corrected chi connectivity index (χ0v) is 28.1. The van der Waals surface area contributed by atoms with Crippen molar-refractivity contribution in [2.75, 3.05) is 39.3 Å². The van der Waals surface area contributed by atoms with Gasteiger partial charge in [0.2, 0.25) is 0 Å². The molecule has 1 heterocycles. The van der Waals surface area contributed by atoms with Crippen LogP contribution in [0.4, 0.5) is 0 Å². The molecular formula is C36H48N6O6. The number of carbonyl (C=O) groups excluding carboxylic acids is 3. The summed E-state index contributed by atoms with van der Waals surface area (Å²) in [5, 5.41) is 32.7.